The average Bonchev–Trinajstić information content (AvgIpc) is 2.33. The van der Waals surface area contributed by atoms with Crippen LogP contribution in [0.1, 0.15) is 60.8 Å². The van der Waals surface area contributed by atoms with E-state index in [9.17, 15) is 8.42 Å². The van der Waals surface area contributed by atoms with Crippen molar-refractivity contribution in [2.75, 3.05) is 26.4 Å². The summed E-state index contributed by atoms with van der Waals surface area (Å²) in [4.78, 5) is 2.47. The maximum absolute atomic E-state index is 11.8. The number of sulfonamides is 1. The Morgan fingerprint density at radius 3 is 2.00 bits per heavy atom. The van der Waals surface area contributed by atoms with Crippen LogP contribution in [0.3, 0.4) is 0 Å². The smallest absolute Gasteiger partial charge is 0.211 e. The molecule has 0 aliphatic heterocycles. The van der Waals surface area contributed by atoms with Crippen LogP contribution in [0.5, 0.6) is 0 Å². The molecule has 1 atom stereocenters. The maximum Gasteiger partial charge on any atom is 0.211 e. The first-order valence-corrected chi connectivity index (χ1v) is 9.98. The second-order valence-corrected chi connectivity index (χ2v) is 9.10. The molecule has 0 heterocycles. The molecule has 0 amide bonds. The summed E-state index contributed by atoms with van der Waals surface area (Å²) in [5.41, 5.74) is -0.343. The van der Waals surface area contributed by atoms with E-state index in [4.69, 9.17) is 0 Å². The van der Waals surface area contributed by atoms with Crippen LogP contribution in [-0.4, -0.2) is 55.6 Å². The van der Waals surface area contributed by atoms with Crippen molar-refractivity contribution in [2.24, 2.45) is 5.92 Å². The molecule has 0 fully saturated rings. The fourth-order valence-electron chi connectivity index (χ4n) is 2.99. The van der Waals surface area contributed by atoms with Crippen LogP contribution in [0.15, 0.2) is 0 Å². The molecule has 21 heavy (non-hydrogen) atoms. The van der Waals surface area contributed by atoms with Crippen molar-refractivity contribution >= 4 is 10.0 Å². The van der Waals surface area contributed by atoms with Crippen LogP contribution in [0, 0.1) is 5.92 Å². The predicted octanol–water partition coefficient (Wildman–Crippen LogP) is 3.19. The van der Waals surface area contributed by atoms with E-state index in [0.29, 0.717) is 12.0 Å². The molecule has 0 aromatic heterocycles. The van der Waals surface area contributed by atoms with Crippen molar-refractivity contribution in [3.8, 4) is 0 Å². The van der Waals surface area contributed by atoms with Gasteiger partial charge in [0, 0.05) is 25.2 Å². The van der Waals surface area contributed by atoms with E-state index in [1.54, 1.807) is 7.05 Å². The minimum absolute atomic E-state index is 0.343. The molecule has 0 aromatic rings. The zero-order chi connectivity index (χ0) is 16.8. The van der Waals surface area contributed by atoms with Crippen molar-refractivity contribution in [3.05, 3.63) is 0 Å². The molecular formula is C16H36N2O2S. The van der Waals surface area contributed by atoms with Crippen molar-refractivity contribution in [2.45, 2.75) is 72.4 Å². The van der Waals surface area contributed by atoms with E-state index in [2.05, 4.69) is 32.6 Å². The summed E-state index contributed by atoms with van der Waals surface area (Å²) in [6, 6.07) is 0.533. The molecule has 128 valence electrons. The SMILES string of the molecule is CCCC(CN(CC)C(C)C)CC(C)(C)N(C)S(C)(=O)=O. The topological polar surface area (TPSA) is 40.6 Å². The molecule has 0 radical (unpaired) electrons. The van der Waals surface area contributed by atoms with Crippen LogP contribution in [-0.2, 0) is 10.0 Å². The van der Waals surface area contributed by atoms with E-state index in [0.717, 1.165) is 32.4 Å². The molecule has 0 spiro atoms. The monoisotopic (exact) mass is 320 g/mol. The van der Waals surface area contributed by atoms with Crippen LogP contribution in [0.25, 0.3) is 0 Å². The van der Waals surface area contributed by atoms with Crippen LogP contribution < -0.4 is 0 Å². The Hall–Kier alpha value is -0.130. The van der Waals surface area contributed by atoms with Crippen LogP contribution in [0.2, 0.25) is 0 Å². The molecule has 0 aliphatic carbocycles. The molecule has 0 rings (SSSR count). The van der Waals surface area contributed by atoms with Gasteiger partial charge in [-0.1, -0.05) is 20.3 Å². The van der Waals surface area contributed by atoms with Gasteiger partial charge in [-0.15, -0.1) is 0 Å². The van der Waals surface area contributed by atoms with Gasteiger partial charge in [-0.05, 0) is 53.0 Å². The molecule has 4 nitrogen and oxygen atoms in total. The number of nitrogens with zero attached hydrogens (tertiary/aromatic N) is 2. The number of hydrogen-bond donors (Lipinski definition) is 0. The first kappa shape index (κ1) is 20.9. The Morgan fingerprint density at radius 2 is 1.67 bits per heavy atom. The Bertz CT molecular complexity index is 391. The summed E-state index contributed by atoms with van der Waals surface area (Å²) in [5.74, 6) is 0.525. The van der Waals surface area contributed by atoms with Gasteiger partial charge in [-0.25, -0.2) is 8.42 Å². The highest BCUT2D eigenvalue weighted by atomic mass is 32.2. The standard InChI is InChI=1S/C16H36N2O2S/c1-9-11-15(13-18(10-2)14(3)4)12-16(5,6)17(7)21(8,19)20/h14-15H,9-13H2,1-8H3. The Morgan fingerprint density at radius 1 is 1.14 bits per heavy atom. The van der Waals surface area contributed by atoms with Gasteiger partial charge >= 0.3 is 0 Å². The highest BCUT2D eigenvalue weighted by Crippen LogP contribution is 2.28. The first-order valence-electron chi connectivity index (χ1n) is 8.13. The summed E-state index contributed by atoms with van der Waals surface area (Å²) in [6.45, 7) is 15.0. The predicted molar refractivity (Wildman–Crippen MR) is 92.1 cm³/mol. The number of hydrogen-bond acceptors (Lipinski definition) is 3. The third-order valence-corrected chi connectivity index (χ3v) is 5.95. The van der Waals surface area contributed by atoms with Crippen LogP contribution in [0.4, 0.5) is 0 Å². The summed E-state index contributed by atoms with van der Waals surface area (Å²) in [5, 5.41) is 0. The normalized spacial score (nSPS) is 15.2. The Kier molecular flexibility index (Phi) is 8.44. The quantitative estimate of drug-likeness (QED) is 0.620. The minimum atomic E-state index is -3.15. The van der Waals surface area contributed by atoms with Crippen molar-refractivity contribution in [1.82, 2.24) is 9.21 Å². The average molecular weight is 321 g/mol. The fraction of sp³-hybridized carbons (Fsp3) is 1.00. The lowest BCUT2D eigenvalue weighted by atomic mass is 9.87. The second-order valence-electron chi connectivity index (χ2n) is 7.08. The van der Waals surface area contributed by atoms with Gasteiger partial charge in [-0.3, -0.25) is 0 Å². The summed E-state index contributed by atoms with van der Waals surface area (Å²) >= 11 is 0. The zero-order valence-electron chi connectivity index (χ0n) is 15.3. The highest BCUT2D eigenvalue weighted by Gasteiger charge is 2.33. The van der Waals surface area contributed by atoms with E-state index < -0.39 is 10.0 Å². The summed E-state index contributed by atoms with van der Waals surface area (Å²) in [6.07, 6.45) is 4.47. The van der Waals surface area contributed by atoms with Gasteiger partial charge in [0.05, 0.1) is 6.26 Å². The third-order valence-electron chi connectivity index (χ3n) is 4.46. The second kappa shape index (κ2) is 8.49. The zero-order valence-corrected chi connectivity index (χ0v) is 16.1. The van der Waals surface area contributed by atoms with E-state index in [1.165, 1.54) is 10.6 Å². The van der Waals surface area contributed by atoms with E-state index in [-0.39, 0.29) is 5.54 Å². The van der Waals surface area contributed by atoms with Gasteiger partial charge in [-0.2, -0.15) is 4.31 Å². The molecule has 0 saturated carbocycles. The maximum atomic E-state index is 11.8. The van der Waals surface area contributed by atoms with Crippen molar-refractivity contribution < 1.29 is 8.42 Å². The van der Waals surface area contributed by atoms with Gasteiger partial charge in [0.25, 0.3) is 0 Å². The van der Waals surface area contributed by atoms with Gasteiger partial charge in [0.1, 0.15) is 0 Å². The van der Waals surface area contributed by atoms with Gasteiger partial charge in [0.2, 0.25) is 10.0 Å². The molecule has 0 N–H and O–H groups in total. The molecule has 1 unspecified atom stereocenters. The minimum Gasteiger partial charge on any atom is -0.301 e. The Labute approximate surface area is 132 Å². The lowest BCUT2D eigenvalue weighted by molar-refractivity contribution is 0.144. The van der Waals surface area contributed by atoms with E-state index >= 15 is 0 Å². The van der Waals surface area contributed by atoms with E-state index in [1.807, 2.05) is 13.8 Å². The lowest BCUT2D eigenvalue weighted by Gasteiger charge is -2.38. The first-order chi connectivity index (χ1) is 9.45. The molecule has 0 aromatic carbocycles. The summed E-state index contributed by atoms with van der Waals surface area (Å²) < 4.78 is 25.2. The van der Waals surface area contributed by atoms with Crippen molar-refractivity contribution in [3.63, 3.8) is 0 Å². The lowest BCUT2D eigenvalue weighted by Crippen LogP contribution is -2.47. The van der Waals surface area contributed by atoms with Crippen LogP contribution >= 0.6 is 0 Å². The van der Waals surface area contributed by atoms with Gasteiger partial charge < -0.3 is 4.90 Å². The molecule has 0 bridgehead atoms. The molecular weight excluding hydrogens is 284 g/mol. The number of rotatable bonds is 10. The molecule has 5 heteroatoms. The third kappa shape index (κ3) is 7.11. The highest BCUT2D eigenvalue weighted by molar-refractivity contribution is 7.88. The molecule has 0 aliphatic rings. The van der Waals surface area contributed by atoms with Crippen molar-refractivity contribution in [1.29, 1.82) is 0 Å². The van der Waals surface area contributed by atoms with Gasteiger partial charge in [0.15, 0.2) is 0 Å². The fourth-order valence-corrected chi connectivity index (χ4v) is 3.96. The summed E-state index contributed by atoms with van der Waals surface area (Å²) in [7, 11) is -1.46. The molecule has 0 saturated heterocycles. The largest absolute Gasteiger partial charge is 0.301 e. The Balaban J connectivity index is 4.98.